The van der Waals surface area contributed by atoms with Gasteiger partial charge in [-0.25, -0.2) is 4.79 Å². The van der Waals surface area contributed by atoms with Crippen LogP contribution in [-0.4, -0.2) is 54.5 Å². The number of rotatable bonds is 1. The highest BCUT2D eigenvalue weighted by atomic mass is 16.2. The number of likely N-dealkylation sites (tertiary alicyclic amines) is 2. The maximum Gasteiger partial charge on any atom is 0.320 e. The van der Waals surface area contributed by atoms with Crippen LogP contribution >= 0.6 is 0 Å². The molecule has 2 fully saturated rings. The second kappa shape index (κ2) is 5.38. The van der Waals surface area contributed by atoms with Crippen LogP contribution in [0.2, 0.25) is 0 Å². The molecule has 5 heteroatoms. The summed E-state index contributed by atoms with van der Waals surface area (Å²) in [4.78, 5) is 27.7. The average molecular weight is 239 g/mol. The number of hydrogen-bond donors (Lipinski definition) is 1. The van der Waals surface area contributed by atoms with Gasteiger partial charge in [-0.15, -0.1) is 0 Å². The molecule has 17 heavy (non-hydrogen) atoms. The first-order valence-corrected chi connectivity index (χ1v) is 6.51. The second-order valence-electron chi connectivity index (χ2n) is 4.80. The van der Waals surface area contributed by atoms with Crippen LogP contribution in [0.4, 0.5) is 4.79 Å². The lowest BCUT2D eigenvalue weighted by molar-refractivity contribution is -0.126. The van der Waals surface area contributed by atoms with E-state index in [1.54, 1.807) is 11.9 Å². The van der Waals surface area contributed by atoms with Crippen LogP contribution in [0, 0.1) is 0 Å². The van der Waals surface area contributed by atoms with Crippen LogP contribution in [0.1, 0.15) is 32.1 Å². The van der Waals surface area contributed by atoms with Gasteiger partial charge in [0.05, 0.1) is 0 Å². The molecular weight excluding hydrogens is 218 g/mol. The molecule has 0 aromatic carbocycles. The summed E-state index contributed by atoms with van der Waals surface area (Å²) in [7, 11) is 1.63. The van der Waals surface area contributed by atoms with Crippen LogP contribution < -0.4 is 5.32 Å². The smallest absolute Gasteiger partial charge is 0.320 e. The van der Waals surface area contributed by atoms with E-state index < -0.39 is 0 Å². The van der Waals surface area contributed by atoms with Crippen molar-refractivity contribution in [3.8, 4) is 0 Å². The molecule has 0 spiro atoms. The number of amides is 3. The van der Waals surface area contributed by atoms with Crippen molar-refractivity contribution < 1.29 is 9.59 Å². The summed E-state index contributed by atoms with van der Waals surface area (Å²) < 4.78 is 0. The summed E-state index contributed by atoms with van der Waals surface area (Å²) in [5, 5.41) is 2.66. The van der Waals surface area contributed by atoms with Crippen molar-refractivity contribution in [2.45, 2.75) is 38.1 Å². The number of hydrogen-bond acceptors (Lipinski definition) is 2. The number of nitrogens with zero attached hydrogens (tertiary/aromatic N) is 2. The van der Waals surface area contributed by atoms with Crippen molar-refractivity contribution in [3.05, 3.63) is 0 Å². The lowest BCUT2D eigenvalue weighted by Crippen LogP contribution is -2.54. The minimum atomic E-state index is -0.262. The lowest BCUT2D eigenvalue weighted by atomic mass is 10.0. The molecule has 1 unspecified atom stereocenters. The number of piperidine rings is 1. The van der Waals surface area contributed by atoms with Crippen LogP contribution in [0.25, 0.3) is 0 Å². The number of carbonyl (C=O) groups excluding carboxylic acids is 2. The van der Waals surface area contributed by atoms with Gasteiger partial charge in [0.1, 0.15) is 6.04 Å². The van der Waals surface area contributed by atoms with Gasteiger partial charge < -0.3 is 15.1 Å². The van der Waals surface area contributed by atoms with E-state index in [-0.39, 0.29) is 18.0 Å². The van der Waals surface area contributed by atoms with E-state index in [1.165, 1.54) is 0 Å². The van der Waals surface area contributed by atoms with Crippen LogP contribution in [0.5, 0.6) is 0 Å². The van der Waals surface area contributed by atoms with Gasteiger partial charge in [-0.3, -0.25) is 4.79 Å². The van der Waals surface area contributed by atoms with Gasteiger partial charge in [0.25, 0.3) is 0 Å². The average Bonchev–Trinajstić information content (AvgIpc) is 2.91. The van der Waals surface area contributed by atoms with Gasteiger partial charge in [-0.1, -0.05) is 0 Å². The van der Waals surface area contributed by atoms with Crippen molar-refractivity contribution in [3.63, 3.8) is 0 Å². The highest BCUT2D eigenvalue weighted by molar-refractivity contribution is 5.87. The van der Waals surface area contributed by atoms with Crippen molar-refractivity contribution in [1.29, 1.82) is 0 Å². The molecule has 1 atom stereocenters. The molecule has 0 aromatic rings. The molecule has 2 aliphatic rings. The highest BCUT2D eigenvalue weighted by Gasteiger charge is 2.34. The van der Waals surface area contributed by atoms with Crippen molar-refractivity contribution in [1.82, 2.24) is 15.1 Å². The zero-order valence-corrected chi connectivity index (χ0v) is 10.4. The summed E-state index contributed by atoms with van der Waals surface area (Å²) in [6.45, 7) is 2.40. The van der Waals surface area contributed by atoms with E-state index in [1.807, 2.05) is 4.90 Å². The van der Waals surface area contributed by atoms with E-state index in [0.717, 1.165) is 45.2 Å². The van der Waals surface area contributed by atoms with Gasteiger partial charge in [0, 0.05) is 26.7 Å². The largest absolute Gasteiger partial charge is 0.357 e. The molecule has 2 rings (SSSR count). The molecule has 0 saturated carbocycles. The topological polar surface area (TPSA) is 52.7 Å². The van der Waals surface area contributed by atoms with E-state index in [2.05, 4.69) is 5.32 Å². The Morgan fingerprint density at radius 3 is 2.35 bits per heavy atom. The standard InChI is InChI=1S/C12H21N3O2/c1-13-11(16)10-6-2-3-9-15(10)12(17)14-7-4-5-8-14/h10H,2-9H2,1H3,(H,13,16). The van der Waals surface area contributed by atoms with Gasteiger partial charge in [0.2, 0.25) is 5.91 Å². The van der Waals surface area contributed by atoms with Gasteiger partial charge in [-0.2, -0.15) is 0 Å². The normalized spacial score (nSPS) is 24.9. The molecule has 2 aliphatic heterocycles. The summed E-state index contributed by atoms with van der Waals surface area (Å²) in [5.41, 5.74) is 0. The fourth-order valence-corrected chi connectivity index (χ4v) is 2.69. The lowest BCUT2D eigenvalue weighted by Gasteiger charge is -2.36. The first-order chi connectivity index (χ1) is 8.24. The third-order valence-corrected chi connectivity index (χ3v) is 3.67. The summed E-state index contributed by atoms with van der Waals surface area (Å²) in [5.74, 6) is -0.0303. The quantitative estimate of drug-likeness (QED) is 0.736. The fraction of sp³-hybridized carbons (Fsp3) is 0.833. The zero-order valence-electron chi connectivity index (χ0n) is 10.4. The second-order valence-corrected chi connectivity index (χ2v) is 4.80. The maximum atomic E-state index is 12.3. The zero-order chi connectivity index (χ0) is 12.3. The van der Waals surface area contributed by atoms with E-state index >= 15 is 0 Å². The Labute approximate surface area is 102 Å². The van der Waals surface area contributed by atoms with E-state index in [4.69, 9.17) is 0 Å². The van der Waals surface area contributed by atoms with Crippen LogP contribution in [-0.2, 0) is 4.79 Å². The third-order valence-electron chi connectivity index (χ3n) is 3.67. The predicted molar refractivity (Wildman–Crippen MR) is 64.6 cm³/mol. The Balaban J connectivity index is 2.04. The Bertz CT molecular complexity index is 300. The van der Waals surface area contributed by atoms with Gasteiger partial charge >= 0.3 is 6.03 Å². The molecule has 0 radical (unpaired) electrons. The van der Waals surface area contributed by atoms with E-state index in [9.17, 15) is 9.59 Å². The fourth-order valence-electron chi connectivity index (χ4n) is 2.69. The number of likely N-dealkylation sites (N-methyl/N-ethyl adjacent to an activating group) is 1. The monoisotopic (exact) mass is 239 g/mol. The minimum Gasteiger partial charge on any atom is -0.357 e. The molecule has 2 saturated heterocycles. The number of urea groups is 1. The Morgan fingerprint density at radius 1 is 1.06 bits per heavy atom. The number of nitrogens with one attached hydrogen (secondary N) is 1. The Kier molecular flexibility index (Phi) is 3.86. The molecule has 3 amide bonds. The molecule has 0 bridgehead atoms. The first kappa shape index (κ1) is 12.2. The molecule has 1 N–H and O–H groups in total. The van der Waals surface area contributed by atoms with Crippen molar-refractivity contribution >= 4 is 11.9 Å². The minimum absolute atomic E-state index is 0.0303. The Hall–Kier alpha value is -1.26. The molecule has 96 valence electrons. The third kappa shape index (κ3) is 2.53. The molecular formula is C12H21N3O2. The Morgan fingerprint density at radius 2 is 1.71 bits per heavy atom. The van der Waals surface area contributed by atoms with Crippen LogP contribution in [0.15, 0.2) is 0 Å². The van der Waals surface area contributed by atoms with Crippen molar-refractivity contribution in [2.24, 2.45) is 0 Å². The van der Waals surface area contributed by atoms with Crippen molar-refractivity contribution in [2.75, 3.05) is 26.7 Å². The summed E-state index contributed by atoms with van der Waals surface area (Å²) in [6, 6.07) is -0.211. The molecule has 5 nitrogen and oxygen atoms in total. The van der Waals surface area contributed by atoms with E-state index in [0.29, 0.717) is 6.54 Å². The SMILES string of the molecule is CNC(=O)C1CCCCN1C(=O)N1CCCC1. The molecule has 0 aromatic heterocycles. The summed E-state index contributed by atoms with van der Waals surface area (Å²) >= 11 is 0. The number of carbonyl (C=O) groups is 2. The highest BCUT2D eigenvalue weighted by Crippen LogP contribution is 2.20. The molecule has 0 aliphatic carbocycles. The first-order valence-electron chi connectivity index (χ1n) is 6.51. The molecule has 2 heterocycles. The summed E-state index contributed by atoms with van der Waals surface area (Å²) in [6.07, 6.45) is 5.00. The maximum absolute atomic E-state index is 12.3. The van der Waals surface area contributed by atoms with Crippen LogP contribution in [0.3, 0.4) is 0 Å². The van der Waals surface area contributed by atoms with Gasteiger partial charge in [0.15, 0.2) is 0 Å². The van der Waals surface area contributed by atoms with Gasteiger partial charge in [-0.05, 0) is 32.1 Å². The predicted octanol–water partition coefficient (Wildman–Crippen LogP) is 0.803.